The highest BCUT2D eigenvalue weighted by atomic mass is 19.1. The highest BCUT2D eigenvalue weighted by Gasteiger charge is 2.09. The normalized spacial score (nSPS) is 10.5. The van der Waals surface area contributed by atoms with Crippen molar-refractivity contribution >= 4 is 5.57 Å². The summed E-state index contributed by atoms with van der Waals surface area (Å²) < 4.78 is 27.7. The van der Waals surface area contributed by atoms with E-state index in [2.05, 4.69) is 21.6 Å². The molecular formula is C16H11F2N4. The number of benzene rings is 2. The summed E-state index contributed by atoms with van der Waals surface area (Å²) in [6, 6.07) is 11.9. The Bertz CT molecular complexity index is 757. The Balaban J connectivity index is 2.13. The van der Waals surface area contributed by atoms with Gasteiger partial charge >= 0.3 is 0 Å². The van der Waals surface area contributed by atoms with E-state index in [4.69, 9.17) is 0 Å². The zero-order chi connectivity index (χ0) is 15.5. The molecule has 1 radical (unpaired) electrons. The maximum Gasteiger partial charge on any atom is 0.183 e. The van der Waals surface area contributed by atoms with Gasteiger partial charge in [-0.25, -0.2) is 13.5 Å². The minimum Gasteiger partial charge on any atom is -0.229 e. The predicted octanol–water partition coefficient (Wildman–Crippen LogP) is 2.77. The lowest BCUT2D eigenvalue weighted by Crippen LogP contribution is -1.98. The van der Waals surface area contributed by atoms with Crippen molar-refractivity contribution in [3.8, 4) is 0 Å². The van der Waals surface area contributed by atoms with E-state index in [1.807, 2.05) is 0 Å². The third-order valence-electron chi connectivity index (χ3n) is 3.12. The average Bonchev–Trinajstić information content (AvgIpc) is 2.92. The highest BCUT2D eigenvalue weighted by molar-refractivity contribution is 5.79. The summed E-state index contributed by atoms with van der Waals surface area (Å²) in [6.45, 7) is 0. The fraction of sp³-hybridized carbons (Fsp3) is 0.0625. The second-order valence-electron chi connectivity index (χ2n) is 4.64. The molecule has 1 heterocycles. The van der Waals surface area contributed by atoms with Crippen molar-refractivity contribution in [1.29, 1.82) is 0 Å². The van der Waals surface area contributed by atoms with Gasteiger partial charge in [0.05, 0.1) is 0 Å². The monoisotopic (exact) mass is 297 g/mol. The van der Waals surface area contributed by atoms with Crippen molar-refractivity contribution < 1.29 is 8.78 Å². The second kappa shape index (κ2) is 5.85. The van der Waals surface area contributed by atoms with Crippen LogP contribution in [0.5, 0.6) is 0 Å². The largest absolute Gasteiger partial charge is 0.229 e. The zero-order valence-electron chi connectivity index (χ0n) is 11.7. The van der Waals surface area contributed by atoms with Gasteiger partial charge in [0.15, 0.2) is 5.82 Å². The van der Waals surface area contributed by atoms with Crippen LogP contribution >= 0.6 is 0 Å². The number of aryl methyl sites for hydroxylation is 1. The first-order valence-electron chi connectivity index (χ1n) is 6.52. The molecule has 0 aliphatic heterocycles. The number of aromatic nitrogens is 4. The van der Waals surface area contributed by atoms with Gasteiger partial charge < -0.3 is 0 Å². The van der Waals surface area contributed by atoms with Crippen molar-refractivity contribution in [3.63, 3.8) is 0 Å². The van der Waals surface area contributed by atoms with Gasteiger partial charge in [0.2, 0.25) is 0 Å². The summed E-state index contributed by atoms with van der Waals surface area (Å²) in [5, 5.41) is 11.2. The minimum atomic E-state index is -0.331. The van der Waals surface area contributed by atoms with Crippen LogP contribution in [0.4, 0.5) is 8.78 Å². The first-order chi connectivity index (χ1) is 10.6. The molecule has 6 heteroatoms. The Labute approximate surface area is 125 Å². The maximum atomic E-state index is 13.1. The number of halogens is 2. The van der Waals surface area contributed by atoms with Gasteiger partial charge in [-0.1, -0.05) is 24.3 Å². The summed E-state index contributed by atoms with van der Waals surface area (Å²) in [7, 11) is 1.69. The molecular weight excluding hydrogens is 286 g/mol. The van der Waals surface area contributed by atoms with Crippen molar-refractivity contribution in [2.24, 2.45) is 7.05 Å². The van der Waals surface area contributed by atoms with E-state index in [-0.39, 0.29) is 11.6 Å². The summed E-state index contributed by atoms with van der Waals surface area (Å²) in [5.41, 5.74) is 2.12. The SMILES string of the molecule is Cn1nnnc1[C]=C(c1ccc(F)cc1)c1ccc(F)cc1. The first kappa shape index (κ1) is 14.1. The molecule has 0 spiro atoms. The first-order valence-corrected chi connectivity index (χ1v) is 6.52. The third-order valence-corrected chi connectivity index (χ3v) is 3.12. The molecule has 0 aliphatic rings. The summed E-state index contributed by atoms with van der Waals surface area (Å²) >= 11 is 0. The molecule has 4 nitrogen and oxygen atoms in total. The van der Waals surface area contributed by atoms with Gasteiger partial charge in [-0.3, -0.25) is 0 Å². The van der Waals surface area contributed by atoms with E-state index in [1.54, 1.807) is 31.3 Å². The van der Waals surface area contributed by atoms with Crippen LogP contribution < -0.4 is 0 Å². The van der Waals surface area contributed by atoms with Crippen LogP contribution in [-0.4, -0.2) is 20.2 Å². The molecule has 0 aliphatic carbocycles. The molecule has 3 rings (SSSR count). The van der Waals surface area contributed by atoms with Gasteiger partial charge in [-0.05, 0) is 45.8 Å². The van der Waals surface area contributed by atoms with Crippen molar-refractivity contribution in [1.82, 2.24) is 20.2 Å². The fourth-order valence-corrected chi connectivity index (χ4v) is 1.99. The number of hydrogen-bond acceptors (Lipinski definition) is 3. The number of rotatable bonds is 3. The van der Waals surface area contributed by atoms with Gasteiger partial charge in [0.25, 0.3) is 0 Å². The molecule has 0 N–H and O–H groups in total. The maximum absolute atomic E-state index is 13.1. The van der Waals surface area contributed by atoms with E-state index >= 15 is 0 Å². The summed E-state index contributed by atoms with van der Waals surface area (Å²) in [4.78, 5) is 0. The molecule has 0 amide bonds. The highest BCUT2D eigenvalue weighted by Crippen LogP contribution is 2.24. The van der Waals surface area contributed by atoms with Gasteiger partial charge in [0.1, 0.15) is 11.6 Å². The van der Waals surface area contributed by atoms with E-state index in [9.17, 15) is 8.78 Å². The number of hydrogen-bond donors (Lipinski definition) is 0. The van der Waals surface area contributed by atoms with Crippen LogP contribution in [0.15, 0.2) is 48.5 Å². The van der Waals surface area contributed by atoms with Crippen LogP contribution in [0, 0.1) is 17.7 Å². The molecule has 3 aromatic rings. The van der Waals surface area contributed by atoms with Gasteiger partial charge in [-0.15, -0.1) is 5.10 Å². The van der Waals surface area contributed by atoms with Crippen LogP contribution in [0.3, 0.4) is 0 Å². The third kappa shape index (κ3) is 2.90. The standard InChI is InChI=1S/C16H11F2N4/c1-22-16(19-20-21-22)10-15(11-2-6-13(17)7-3-11)12-4-8-14(18)9-5-12/h2-9H,1H3. The van der Waals surface area contributed by atoms with Gasteiger partial charge in [-0.2, -0.15) is 0 Å². The molecule has 109 valence electrons. The Morgan fingerprint density at radius 1 is 0.909 bits per heavy atom. The molecule has 0 saturated carbocycles. The van der Waals surface area contributed by atoms with Crippen LogP contribution in [0.2, 0.25) is 0 Å². The van der Waals surface area contributed by atoms with E-state index in [1.165, 1.54) is 28.9 Å². The van der Waals surface area contributed by atoms with Crippen molar-refractivity contribution in [3.05, 3.63) is 83.2 Å². The fourth-order valence-electron chi connectivity index (χ4n) is 1.99. The zero-order valence-corrected chi connectivity index (χ0v) is 11.7. The quantitative estimate of drug-likeness (QED) is 0.746. The molecule has 2 aromatic carbocycles. The molecule has 22 heavy (non-hydrogen) atoms. The number of nitrogens with zero attached hydrogens (tertiary/aromatic N) is 4. The lowest BCUT2D eigenvalue weighted by molar-refractivity contribution is 0.627. The average molecular weight is 297 g/mol. The Morgan fingerprint density at radius 3 is 1.82 bits per heavy atom. The second-order valence-corrected chi connectivity index (χ2v) is 4.64. The predicted molar refractivity (Wildman–Crippen MR) is 76.5 cm³/mol. The van der Waals surface area contributed by atoms with Crippen LogP contribution in [0.1, 0.15) is 17.0 Å². The molecule has 1 aromatic heterocycles. The van der Waals surface area contributed by atoms with E-state index in [0.29, 0.717) is 11.4 Å². The topological polar surface area (TPSA) is 43.6 Å². The van der Waals surface area contributed by atoms with Crippen molar-refractivity contribution in [2.45, 2.75) is 0 Å². The van der Waals surface area contributed by atoms with Crippen molar-refractivity contribution in [2.75, 3.05) is 0 Å². The summed E-state index contributed by atoms with van der Waals surface area (Å²) in [6.07, 6.45) is 3.10. The smallest absolute Gasteiger partial charge is 0.183 e. The number of tetrazole rings is 1. The molecule has 0 atom stereocenters. The van der Waals surface area contributed by atoms with E-state index < -0.39 is 0 Å². The Kier molecular flexibility index (Phi) is 3.74. The summed E-state index contributed by atoms with van der Waals surface area (Å²) in [5.74, 6) is -0.242. The lowest BCUT2D eigenvalue weighted by atomic mass is 9.97. The minimum absolute atomic E-state index is 0.331. The van der Waals surface area contributed by atoms with Crippen LogP contribution in [0.25, 0.3) is 5.57 Å². The molecule has 0 unspecified atom stereocenters. The Hall–Kier alpha value is -2.89. The molecule has 0 fully saturated rings. The van der Waals surface area contributed by atoms with Gasteiger partial charge in [0, 0.05) is 18.7 Å². The Morgan fingerprint density at radius 2 is 1.41 bits per heavy atom. The molecule has 0 bridgehead atoms. The lowest BCUT2D eigenvalue weighted by Gasteiger charge is -2.08. The molecule has 0 saturated heterocycles. The van der Waals surface area contributed by atoms with E-state index in [0.717, 1.165) is 11.1 Å². The van der Waals surface area contributed by atoms with Crippen LogP contribution in [-0.2, 0) is 7.05 Å².